The van der Waals surface area contributed by atoms with Crippen molar-refractivity contribution in [3.63, 3.8) is 0 Å². The van der Waals surface area contributed by atoms with Crippen molar-refractivity contribution in [1.82, 2.24) is 0 Å². The van der Waals surface area contributed by atoms with Crippen LogP contribution in [0.4, 0.5) is 0 Å². The molecule has 0 aromatic heterocycles. The molecule has 10 heteroatoms. The van der Waals surface area contributed by atoms with Crippen LogP contribution in [0.15, 0.2) is 0 Å². The fourth-order valence-electron chi connectivity index (χ4n) is 8.44. The summed E-state index contributed by atoms with van der Waals surface area (Å²) in [5, 5.41) is 31.6. The topological polar surface area (TPSA) is 133 Å². The normalized spacial score (nSPS) is 19.6. The molecule has 1 aliphatic heterocycles. The maximum Gasteiger partial charge on any atom is 0.306 e. The highest BCUT2D eigenvalue weighted by Gasteiger charge is 2.57. The molecule has 0 spiro atoms. The number of unbranched alkanes of at least 4 members (excludes halogenated alkanes) is 8. The van der Waals surface area contributed by atoms with Crippen molar-refractivity contribution in [2.24, 2.45) is 17.8 Å². The summed E-state index contributed by atoms with van der Waals surface area (Å²) in [7, 11) is 0. The maximum atomic E-state index is 12.9. The molecule has 0 radical (unpaired) electrons. The molecule has 0 saturated carbocycles. The number of carbonyl (C=O) groups excluding carboxylic acids is 1. The second-order valence-corrected chi connectivity index (χ2v) is 23.0. The Morgan fingerprint density at radius 2 is 1.00 bits per heavy atom. The summed E-state index contributed by atoms with van der Waals surface area (Å²) in [6.07, 6.45) is 13.5. The van der Waals surface area contributed by atoms with Gasteiger partial charge in [0.15, 0.2) is 0 Å². The van der Waals surface area contributed by atoms with Gasteiger partial charge < -0.3 is 43.7 Å². The molecule has 0 aromatic carbocycles. The van der Waals surface area contributed by atoms with Crippen molar-refractivity contribution in [3.05, 3.63) is 0 Å². The molecule has 358 valence electrons. The van der Waals surface area contributed by atoms with E-state index in [0.717, 1.165) is 12.8 Å². The molecule has 0 aromatic rings. The summed E-state index contributed by atoms with van der Waals surface area (Å²) in [4.78, 5) is 12.9. The number of esters is 1. The number of aliphatic hydroxyl groups is 3. The van der Waals surface area contributed by atoms with E-state index in [2.05, 4.69) is 62.3 Å². The predicted molar refractivity (Wildman–Crippen MR) is 244 cm³/mol. The Morgan fingerprint density at radius 3 is 1.48 bits per heavy atom. The van der Waals surface area contributed by atoms with Gasteiger partial charge in [0.1, 0.15) is 5.60 Å². The van der Waals surface area contributed by atoms with Gasteiger partial charge in [-0.3, -0.25) is 4.79 Å². The largest absolute Gasteiger partial charge is 0.460 e. The quantitative estimate of drug-likeness (QED) is 0.0433. The molecule has 1 aliphatic rings. The minimum atomic E-state index is -0.879. The highest BCUT2D eigenvalue weighted by atomic mass is 16.6. The van der Waals surface area contributed by atoms with Gasteiger partial charge in [-0.15, -0.1) is 0 Å². The van der Waals surface area contributed by atoms with Gasteiger partial charge in [0, 0.05) is 30.6 Å². The van der Waals surface area contributed by atoms with Gasteiger partial charge in [-0.25, -0.2) is 0 Å². The molecule has 1 heterocycles. The van der Waals surface area contributed by atoms with Crippen LogP contribution in [0.2, 0.25) is 0 Å². The van der Waals surface area contributed by atoms with Crippen molar-refractivity contribution < 1.29 is 48.5 Å². The summed E-state index contributed by atoms with van der Waals surface area (Å²) in [5.41, 5.74) is -5.91. The molecular weight excluding hydrogens is 761 g/mol. The average Bonchev–Trinajstić information content (AvgIpc) is 3.51. The average molecular weight is 859 g/mol. The van der Waals surface area contributed by atoms with Crippen molar-refractivity contribution in [3.8, 4) is 0 Å². The van der Waals surface area contributed by atoms with Crippen LogP contribution in [0.5, 0.6) is 0 Å². The highest BCUT2D eigenvalue weighted by molar-refractivity contribution is 5.69. The third-order valence-electron chi connectivity index (χ3n) is 12.6. The van der Waals surface area contributed by atoms with Crippen LogP contribution in [0.1, 0.15) is 214 Å². The molecular formula is C50H98O10. The smallest absolute Gasteiger partial charge is 0.306 e. The van der Waals surface area contributed by atoms with Crippen LogP contribution in [0.25, 0.3) is 0 Å². The SMILES string of the molecule is CCCCCCCCCCCC(=O)OC(C)(C)CCOC(C)(C)CC(C1OCC(C(C)(C)OCCC(C)(C)O)C1C(C)(C)OCCC(C)(C)O)C(C)(C)OCCC(C)(C)O. The first-order valence-corrected chi connectivity index (χ1v) is 23.8. The van der Waals surface area contributed by atoms with Gasteiger partial charge in [0.2, 0.25) is 0 Å². The molecule has 4 unspecified atom stereocenters. The Morgan fingerprint density at radius 1 is 0.567 bits per heavy atom. The summed E-state index contributed by atoms with van der Waals surface area (Å²) in [5.74, 6) is -0.564. The van der Waals surface area contributed by atoms with Crippen LogP contribution < -0.4 is 0 Å². The van der Waals surface area contributed by atoms with Gasteiger partial charge in [0.05, 0.1) is 78.3 Å². The zero-order chi connectivity index (χ0) is 46.3. The van der Waals surface area contributed by atoms with Crippen molar-refractivity contribution in [2.45, 2.75) is 265 Å². The van der Waals surface area contributed by atoms with Gasteiger partial charge in [-0.1, -0.05) is 58.3 Å². The van der Waals surface area contributed by atoms with E-state index in [0.29, 0.717) is 71.6 Å². The number of carbonyl (C=O) groups is 1. The molecule has 0 bridgehead atoms. The van der Waals surface area contributed by atoms with E-state index < -0.39 is 44.8 Å². The van der Waals surface area contributed by atoms with Crippen LogP contribution in [-0.2, 0) is 33.2 Å². The molecule has 60 heavy (non-hydrogen) atoms. The Labute approximate surface area is 369 Å². The number of hydrogen-bond donors (Lipinski definition) is 3. The van der Waals surface area contributed by atoms with E-state index in [1.54, 1.807) is 41.5 Å². The summed E-state index contributed by atoms with van der Waals surface area (Å²) in [6.45, 7) is 35.8. The predicted octanol–water partition coefficient (Wildman–Crippen LogP) is 10.9. The molecule has 1 rings (SSSR count). The Balaban J connectivity index is 3.29. The first-order valence-electron chi connectivity index (χ1n) is 23.8. The first-order chi connectivity index (χ1) is 27.2. The molecule has 10 nitrogen and oxygen atoms in total. The van der Waals surface area contributed by atoms with Gasteiger partial charge >= 0.3 is 5.97 Å². The Hall–Kier alpha value is -0.850. The van der Waals surface area contributed by atoms with Crippen molar-refractivity contribution in [2.75, 3.05) is 33.0 Å². The van der Waals surface area contributed by atoms with Crippen LogP contribution in [0.3, 0.4) is 0 Å². The highest BCUT2D eigenvalue weighted by Crippen LogP contribution is 2.50. The Bertz CT molecular complexity index is 1190. The summed E-state index contributed by atoms with van der Waals surface area (Å²) >= 11 is 0. The van der Waals surface area contributed by atoms with Crippen molar-refractivity contribution >= 4 is 5.97 Å². The maximum absolute atomic E-state index is 12.9. The third-order valence-corrected chi connectivity index (χ3v) is 12.6. The van der Waals surface area contributed by atoms with Gasteiger partial charge in [0.25, 0.3) is 0 Å². The minimum absolute atomic E-state index is 0.0776. The van der Waals surface area contributed by atoms with E-state index in [1.807, 2.05) is 13.8 Å². The second kappa shape index (κ2) is 24.4. The summed E-state index contributed by atoms with van der Waals surface area (Å²) < 4.78 is 39.7. The van der Waals surface area contributed by atoms with E-state index in [1.165, 1.54) is 44.9 Å². The van der Waals surface area contributed by atoms with Gasteiger partial charge in [-0.05, 0) is 143 Å². The monoisotopic (exact) mass is 859 g/mol. The fourth-order valence-corrected chi connectivity index (χ4v) is 8.44. The standard InChI is InChI=1S/C50H98O10/c1-18-19-20-21-22-23-24-25-26-27-40(51)60-46(8,9)31-35-56-47(10,11)36-38(48(12,13)57-32-28-43(2,3)52)42-41(50(16,17)59-34-30-45(6,7)54)39(37-55-42)49(14,15)58-33-29-44(4,5)53/h38-39,41-42,52-54H,18-37H2,1-17H3. The van der Waals surface area contributed by atoms with E-state index >= 15 is 0 Å². The minimum Gasteiger partial charge on any atom is -0.460 e. The lowest BCUT2D eigenvalue weighted by Gasteiger charge is -2.48. The fraction of sp³-hybridized carbons (Fsp3) is 0.980. The molecule has 4 atom stereocenters. The zero-order valence-electron chi connectivity index (χ0n) is 42.2. The lowest BCUT2D eigenvalue weighted by molar-refractivity contribution is -0.175. The molecule has 1 saturated heterocycles. The second-order valence-electron chi connectivity index (χ2n) is 23.0. The molecule has 1 fully saturated rings. The molecule has 0 amide bonds. The van der Waals surface area contributed by atoms with E-state index in [9.17, 15) is 20.1 Å². The molecule has 0 aliphatic carbocycles. The number of ether oxygens (including phenoxy) is 6. The van der Waals surface area contributed by atoms with Crippen LogP contribution in [0, 0.1) is 17.8 Å². The van der Waals surface area contributed by atoms with Crippen LogP contribution in [-0.4, -0.2) is 105 Å². The third kappa shape index (κ3) is 23.7. The lowest BCUT2D eigenvalue weighted by Crippen LogP contribution is -2.55. The van der Waals surface area contributed by atoms with E-state index in [4.69, 9.17) is 28.4 Å². The first kappa shape index (κ1) is 57.2. The summed E-state index contributed by atoms with van der Waals surface area (Å²) in [6, 6.07) is 0. The molecule has 3 N–H and O–H groups in total. The number of rotatable bonds is 33. The Kier molecular flexibility index (Phi) is 23.3. The zero-order valence-corrected chi connectivity index (χ0v) is 42.2. The van der Waals surface area contributed by atoms with Crippen molar-refractivity contribution in [1.29, 1.82) is 0 Å². The number of hydrogen-bond acceptors (Lipinski definition) is 10. The lowest BCUT2D eigenvalue weighted by atomic mass is 9.65. The van der Waals surface area contributed by atoms with Gasteiger partial charge in [-0.2, -0.15) is 0 Å². The van der Waals surface area contributed by atoms with Crippen LogP contribution >= 0.6 is 0 Å². The van der Waals surface area contributed by atoms with E-state index in [-0.39, 0.29) is 29.8 Å².